The highest BCUT2D eigenvalue weighted by Gasteiger charge is 2.25. The summed E-state index contributed by atoms with van der Waals surface area (Å²) in [6.07, 6.45) is 14.1. The van der Waals surface area contributed by atoms with E-state index in [9.17, 15) is 9.90 Å². The van der Waals surface area contributed by atoms with Gasteiger partial charge < -0.3 is 10.4 Å². The van der Waals surface area contributed by atoms with Gasteiger partial charge >= 0.3 is 0 Å². The van der Waals surface area contributed by atoms with Crippen LogP contribution < -0.4 is 5.32 Å². The van der Waals surface area contributed by atoms with Crippen molar-refractivity contribution < 1.29 is 9.90 Å². The number of nitrogens with zero attached hydrogens (tertiary/aromatic N) is 2. The number of nitrogens with one attached hydrogen (secondary N) is 1. The smallest absolute Gasteiger partial charge is 0.208 e. The minimum Gasteiger partial charge on any atom is -0.393 e. The summed E-state index contributed by atoms with van der Waals surface area (Å²) in [6, 6.07) is 2.10. The Hall–Kier alpha value is -2.05. The predicted molar refractivity (Wildman–Crippen MR) is 107 cm³/mol. The van der Waals surface area contributed by atoms with Crippen molar-refractivity contribution in [1.29, 1.82) is 0 Å². The van der Waals surface area contributed by atoms with Crippen LogP contribution >= 0.6 is 11.3 Å². The van der Waals surface area contributed by atoms with Crippen LogP contribution in [0.5, 0.6) is 0 Å². The Morgan fingerprint density at radius 3 is 3.07 bits per heavy atom. The maximum atomic E-state index is 13.0. The Balaban J connectivity index is 1.49. The van der Waals surface area contributed by atoms with Gasteiger partial charge in [-0.15, -0.1) is 11.3 Å². The largest absolute Gasteiger partial charge is 0.393 e. The molecular formula is C21H24N3O2S. The lowest BCUT2D eigenvalue weighted by Gasteiger charge is -2.14. The van der Waals surface area contributed by atoms with Crippen LogP contribution in [-0.2, 0) is 6.42 Å². The molecule has 2 N–H and O–H groups in total. The molecular weight excluding hydrogens is 358 g/mol. The minimum atomic E-state index is -0.391. The topological polar surface area (TPSA) is 75.1 Å². The molecule has 1 saturated carbocycles. The maximum absolute atomic E-state index is 13.0. The van der Waals surface area contributed by atoms with E-state index >= 15 is 0 Å². The second kappa shape index (κ2) is 8.31. The van der Waals surface area contributed by atoms with Crippen molar-refractivity contribution in [2.75, 3.05) is 5.32 Å². The van der Waals surface area contributed by atoms with Crippen molar-refractivity contribution >= 4 is 22.9 Å². The third-order valence-electron chi connectivity index (χ3n) is 5.21. The SMILES string of the molecule is O=C(c1cc(CC2=CCCCC2)cs1)c1cncnc1N[C@@H]1C[CH][C@H](O)C1. The zero-order valence-corrected chi connectivity index (χ0v) is 16.0. The van der Waals surface area contributed by atoms with E-state index in [0.29, 0.717) is 17.8 Å². The highest BCUT2D eigenvalue weighted by Crippen LogP contribution is 2.27. The van der Waals surface area contributed by atoms with E-state index in [-0.39, 0.29) is 11.8 Å². The Labute approximate surface area is 163 Å². The lowest BCUT2D eigenvalue weighted by Crippen LogP contribution is -2.20. The van der Waals surface area contributed by atoms with Crippen LogP contribution in [0.4, 0.5) is 5.82 Å². The van der Waals surface area contributed by atoms with Crippen LogP contribution in [0, 0.1) is 6.42 Å². The minimum absolute atomic E-state index is 0.0468. The first-order chi connectivity index (χ1) is 13.2. The molecule has 0 bridgehead atoms. The number of carbonyl (C=O) groups excluding carboxylic acids is 1. The molecule has 1 fully saturated rings. The fourth-order valence-electron chi connectivity index (χ4n) is 3.77. The molecule has 0 aliphatic heterocycles. The molecule has 2 heterocycles. The third kappa shape index (κ3) is 4.45. The van der Waals surface area contributed by atoms with E-state index in [1.165, 1.54) is 54.5 Å². The summed E-state index contributed by atoms with van der Waals surface area (Å²) in [6.45, 7) is 0. The first-order valence-corrected chi connectivity index (χ1v) is 10.4. The molecule has 0 spiro atoms. The summed E-state index contributed by atoms with van der Waals surface area (Å²) in [5.74, 6) is 0.502. The van der Waals surface area contributed by atoms with Crippen LogP contribution in [0.2, 0.25) is 0 Å². The van der Waals surface area contributed by atoms with Crippen molar-refractivity contribution in [1.82, 2.24) is 9.97 Å². The molecule has 2 aliphatic rings. The molecule has 27 heavy (non-hydrogen) atoms. The van der Waals surface area contributed by atoms with Gasteiger partial charge in [0.25, 0.3) is 0 Å². The van der Waals surface area contributed by atoms with Gasteiger partial charge in [0.2, 0.25) is 5.78 Å². The fourth-order valence-corrected chi connectivity index (χ4v) is 4.64. The van der Waals surface area contributed by atoms with Crippen molar-refractivity contribution in [3.8, 4) is 0 Å². The summed E-state index contributed by atoms with van der Waals surface area (Å²) < 4.78 is 0. The lowest BCUT2D eigenvalue weighted by molar-refractivity contribution is 0.104. The average molecular weight is 383 g/mol. The van der Waals surface area contributed by atoms with E-state index in [4.69, 9.17) is 0 Å². The average Bonchev–Trinajstić information content (AvgIpc) is 3.31. The summed E-state index contributed by atoms with van der Waals surface area (Å²) in [5.41, 5.74) is 3.18. The molecule has 0 unspecified atom stereocenters. The van der Waals surface area contributed by atoms with Gasteiger partial charge in [-0.2, -0.15) is 0 Å². The zero-order chi connectivity index (χ0) is 18.6. The second-order valence-corrected chi connectivity index (χ2v) is 8.25. The molecule has 141 valence electrons. The van der Waals surface area contributed by atoms with Crippen molar-refractivity contribution in [3.05, 3.63) is 58.0 Å². The molecule has 1 radical (unpaired) electrons. The molecule has 5 nitrogen and oxygen atoms in total. The summed E-state index contributed by atoms with van der Waals surface area (Å²) in [5, 5.41) is 15.1. The number of hydrogen-bond donors (Lipinski definition) is 2. The first kappa shape index (κ1) is 18.3. The highest BCUT2D eigenvalue weighted by atomic mass is 32.1. The number of aromatic nitrogens is 2. The summed E-state index contributed by atoms with van der Waals surface area (Å²) in [7, 11) is 0. The molecule has 6 heteroatoms. The summed E-state index contributed by atoms with van der Waals surface area (Å²) in [4.78, 5) is 22.1. The van der Waals surface area contributed by atoms with Gasteiger partial charge in [0.05, 0.1) is 16.5 Å². The predicted octanol–water partition coefficient (Wildman–Crippen LogP) is 3.95. The number of anilines is 1. The van der Waals surface area contributed by atoms with Gasteiger partial charge in [-0.1, -0.05) is 11.6 Å². The Bertz CT molecular complexity index is 845. The maximum Gasteiger partial charge on any atom is 0.208 e. The van der Waals surface area contributed by atoms with E-state index in [1.807, 2.05) is 12.5 Å². The molecule has 2 atom stereocenters. The standard InChI is InChI=1S/C21H24N3O2S/c25-17-7-6-16(10-17)24-21-18(11-22-13-23-21)20(26)19-9-15(12-27-19)8-14-4-2-1-3-5-14/h4,7,9,11-13,16-17,25H,1-3,5-6,8,10H2,(H,22,23,24)/t16-,17+/m1/s1. The number of allylic oxidation sites excluding steroid dienone is 2. The monoisotopic (exact) mass is 382 g/mol. The van der Waals surface area contributed by atoms with E-state index in [1.54, 1.807) is 6.20 Å². The van der Waals surface area contributed by atoms with Crippen molar-refractivity contribution in [3.63, 3.8) is 0 Å². The van der Waals surface area contributed by atoms with Crippen LogP contribution in [-0.4, -0.2) is 33.0 Å². The molecule has 0 amide bonds. The van der Waals surface area contributed by atoms with Crippen molar-refractivity contribution in [2.24, 2.45) is 0 Å². The van der Waals surface area contributed by atoms with Crippen LogP contribution in [0.15, 0.2) is 35.6 Å². The van der Waals surface area contributed by atoms with Crippen molar-refractivity contribution in [2.45, 2.75) is 57.1 Å². The normalized spacial score (nSPS) is 22.5. The summed E-state index contributed by atoms with van der Waals surface area (Å²) >= 11 is 1.49. The van der Waals surface area contributed by atoms with Gasteiger partial charge in [-0.05, 0) is 68.4 Å². The number of carbonyl (C=O) groups is 1. The number of hydrogen-bond acceptors (Lipinski definition) is 6. The Morgan fingerprint density at radius 1 is 1.37 bits per heavy atom. The number of ketones is 1. The number of rotatable bonds is 6. The van der Waals surface area contributed by atoms with E-state index in [0.717, 1.165) is 17.7 Å². The number of thiophene rings is 1. The number of aliphatic hydroxyl groups is 1. The van der Waals surface area contributed by atoms with Gasteiger partial charge in [0.15, 0.2) is 0 Å². The van der Waals surface area contributed by atoms with E-state index < -0.39 is 6.10 Å². The van der Waals surface area contributed by atoms with Crippen LogP contribution in [0.3, 0.4) is 0 Å². The second-order valence-electron chi connectivity index (χ2n) is 7.33. The first-order valence-electron chi connectivity index (χ1n) is 9.57. The third-order valence-corrected chi connectivity index (χ3v) is 6.19. The highest BCUT2D eigenvalue weighted by molar-refractivity contribution is 7.12. The molecule has 2 aromatic rings. The lowest BCUT2D eigenvalue weighted by atomic mass is 9.95. The van der Waals surface area contributed by atoms with Gasteiger partial charge in [0, 0.05) is 12.2 Å². The molecule has 2 aliphatic carbocycles. The van der Waals surface area contributed by atoms with Gasteiger partial charge in [-0.25, -0.2) is 9.97 Å². The number of aliphatic hydroxyl groups excluding tert-OH is 1. The Kier molecular flexibility index (Phi) is 5.64. The van der Waals surface area contributed by atoms with Crippen LogP contribution in [0.25, 0.3) is 0 Å². The Morgan fingerprint density at radius 2 is 2.30 bits per heavy atom. The van der Waals surface area contributed by atoms with Gasteiger partial charge in [-0.3, -0.25) is 4.79 Å². The fraction of sp³-hybridized carbons (Fsp3) is 0.429. The molecule has 0 saturated heterocycles. The zero-order valence-electron chi connectivity index (χ0n) is 15.2. The molecule has 4 rings (SSSR count). The quantitative estimate of drug-likeness (QED) is 0.584. The molecule has 2 aromatic heterocycles. The van der Waals surface area contributed by atoms with Crippen LogP contribution in [0.1, 0.15) is 59.3 Å². The van der Waals surface area contributed by atoms with E-state index in [2.05, 4.69) is 26.7 Å². The molecule has 0 aromatic carbocycles. The van der Waals surface area contributed by atoms with Gasteiger partial charge in [0.1, 0.15) is 12.1 Å².